The summed E-state index contributed by atoms with van der Waals surface area (Å²) in [5.41, 5.74) is 0.265. The average Bonchev–Trinajstić information content (AvgIpc) is 2.26. The fourth-order valence-corrected chi connectivity index (χ4v) is 2.01. The summed E-state index contributed by atoms with van der Waals surface area (Å²) in [6, 6.07) is 0. The van der Waals surface area contributed by atoms with Crippen molar-refractivity contribution in [3.05, 3.63) is 0 Å². The van der Waals surface area contributed by atoms with E-state index < -0.39 is 0 Å². The van der Waals surface area contributed by atoms with Gasteiger partial charge in [0, 0.05) is 45.9 Å². The first-order valence-corrected chi connectivity index (χ1v) is 5.59. The highest BCUT2D eigenvalue weighted by atomic mass is 16.5. The van der Waals surface area contributed by atoms with Crippen LogP contribution in [0.2, 0.25) is 0 Å². The topological polar surface area (TPSA) is 39.7 Å². The standard InChI is InChI=1S/C11H23NO3/c1-13-8-5-12-9-11(10-14-2)3-6-15-7-4-11/h12H,3-10H2,1-2H3. The predicted octanol–water partition coefficient (Wildman–Crippen LogP) is 0.666. The number of nitrogens with one attached hydrogen (secondary N) is 1. The lowest BCUT2D eigenvalue weighted by atomic mass is 9.81. The molecule has 1 aliphatic heterocycles. The van der Waals surface area contributed by atoms with Crippen LogP contribution in [0.5, 0.6) is 0 Å². The van der Waals surface area contributed by atoms with Crippen LogP contribution in [0, 0.1) is 5.41 Å². The molecular formula is C11H23NO3. The molecule has 0 unspecified atom stereocenters. The summed E-state index contributed by atoms with van der Waals surface area (Å²) < 4.78 is 15.7. The molecule has 1 heterocycles. The number of hydrogen-bond acceptors (Lipinski definition) is 4. The minimum atomic E-state index is 0.265. The first kappa shape index (κ1) is 12.9. The van der Waals surface area contributed by atoms with Crippen molar-refractivity contribution in [2.45, 2.75) is 12.8 Å². The first-order valence-electron chi connectivity index (χ1n) is 5.59. The highest BCUT2D eigenvalue weighted by Gasteiger charge is 2.32. The van der Waals surface area contributed by atoms with E-state index >= 15 is 0 Å². The molecule has 0 radical (unpaired) electrons. The van der Waals surface area contributed by atoms with Crippen molar-refractivity contribution < 1.29 is 14.2 Å². The van der Waals surface area contributed by atoms with E-state index in [1.165, 1.54) is 0 Å². The second kappa shape index (κ2) is 7.17. The zero-order chi connectivity index (χ0) is 11.0. The molecule has 0 aromatic rings. The van der Waals surface area contributed by atoms with Crippen LogP contribution >= 0.6 is 0 Å². The van der Waals surface area contributed by atoms with Crippen LogP contribution in [0.25, 0.3) is 0 Å². The smallest absolute Gasteiger partial charge is 0.0587 e. The number of rotatable bonds is 7. The van der Waals surface area contributed by atoms with Crippen LogP contribution in [0.4, 0.5) is 0 Å². The van der Waals surface area contributed by atoms with E-state index in [0.29, 0.717) is 0 Å². The van der Waals surface area contributed by atoms with Gasteiger partial charge >= 0.3 is 0 Å². The van der Waals surface area contributed by atoms with Gasteiger partial charge in [-0.2, -0.15) is 0 Å². The predicted molar refractivity (Wildman–Crippen MR) is 59.1 cm³/mol. The summed E-state index contributed by atoms with van der Waals surface area (Å²) >= 11 is 0. The molecule has 1 fully saturated rings. The minimum Gasteiger partial charge on any atom is -0.384 e. The largest absolute Gasteiger partial charge is 0.384 e. The fraction of sp³-hybridized carbons (Fsp3) is 1.00. The molecule has 0 atom stereocenters. The Labute approximate surface area is 92.3 Å². The van der Waals surface area contributed by atoms with E-state index in [0.717, 1.165) is 52.4 Å². The monoisotopic (exact) mass is 217 g/mol. The quantitative estimate of drug-likeness (QED) is 0.636. The second-order valence-electron chi connectivity index (χ2n) is 4.21. The Bertz CT molecular complexity index is 152. The average molecular weight is 217 g/mol. The van der Waals surface area contributed by atoms with E-state index in [1.807, 2.05) is 0 Å². The maximum Gasteiger partial charge on any atom is 0.0587 e. The summed E-state index contributed by atoms with van der Waals surface area (Å²) in [6.07, 6.45) is 2.17. The van der Waals surface area contributed by atoms with Crippen molar-refractivity contribution >= 4 is 0 Å². The van der Waals surface area contributed by atoms with Gasteiger partial charge in [-0.3, -0.25) is 0 Å². The van der Waals surface area contributed by atoms with Crippen molar-refractivity contribution in [3.63, 3.8) is 0 Å². The van der Waals surface area contributed by atoms with Crippen molar-refractivity contribution in [2.24, 2.45) is 5.41 Å². The van der Waals surface area contributed by atoms with Crippen LogP contribution in [-0.2, 0) is 14.2 Å². The third kappa shape index (κ3) is 4.47. The molecular weight excluding hydrogens is 194 g/mol. The summed E-state index contributed by atoms with van der Waals surface area (Å²) in [4.78, 5) is 0. The first-order chi connectivity index (χ1) is 7.33. The molecule has 1 saturated heterocycles. The molecule has 0 saturated carbocycles. The molecule has 0 aliphatic carbocycles. The van der Waals surface area contributed by atoms with E-state index in [2.05, 4.69) is 5.32 Å². The van der Waals surface area contributed by atoms with Crippen molar-refractivity contribution in [2.75, 3.05) is 53.7 Å². The van der Waals surface area contributed by atoms with Gasteiger partial charge in [-0.25, -0.2) is 0 Å². The summed E-state index contributed by atoms with van der Waals surface area (Å²) in [7, 11) is 3.49. The highest BCUT2D eigenvalue weighted by Crippen LogP contribution is 2.29. The van der Waals surface area contributed by atoms with E-state index in [-0.39, 0.29) is 5.41 Å². The third-order valence-corrected chi connectivity index (χ3v) is 2.99. The lowest BCUT2D eigenvalue weighted by molar-refractivity contribution is -0.0272. The Morgan fingerprint density at radius 3 is 2.53 bits per heavy atom. The van der Waals surface area contributed by atoms with Gasteiger partial charge in [0.05, 0.1) is 13.2 Å². The molecule has 0 amide bonds. The Kier molecular flexibility index (Phi) is 6.17. The van der Waals surface area contributed by atoms with E-state index in [4.69, 9.17) is 14.2 Å². The van der Waals surface area contributed by atoms with Crippen LogP contribution < -0.4 is 5.32 Å². The molecule has 0 bridgehead atoms. The lowest BCUT2D eigenvalue weighted by Gasteiger charge is -2.36. The fourth-order valence-electron chi connectivity index (χ4n) is 2.01. The summed E-state index contributed by atoms with van der Waals surface area (Å²) in [6.45, 7) is 5.19. The molecule has 4 nitrogen and oxygen atoms in total. The van der Waals surface area contributed by atoms with Gasteiger partial charge < -0.3 is 19.5 Å². The van der Waals surface area contributed by atoms with Crippen LogP contribution in [0.1, 0.15) is 12.8 Å². The van der Waals surface area contributed by atoms with Crippen LogP contribution in [-0.4, -0.2) is 53.7 Å². The zero-order valence-electron chi connectivity index (χ0n) is 9.88. The molecule has 1 rings (SSSR count). The highest BCUT2D eigenvalue weighted by molar-refractivity contribution is 4.83. The molecule has 15 heavy (non-hydrogen) atoms. The Hall–Kier alpha value is -0.160. The van der Waals surface area contributed by atoms with Gasteiger partial charge in [0.15, 0.2) is 0 Å². The van der Waals surface area contributed by atoms with Gasteiger partial charge in [0.2, 0.25) is 0 Å². The summed E-state index contributed by atoms with van der Waals surface area (Å²) in [5, 5.41) is 3.42. The van der Waals surface area contributed by atoms with E-state index in [1.54, 1.807) is 14.2 Å². The van der Waals surface area contributed by atoms with E-state index in [9.17, 15) is 0 Å². The second-order valence-corrected chi connectivity index (χ2v) is 4.21. The van der Waals surface area contributed by atoms with Gasteiger partial charge in [0.25, 0.3) is 0 Å². The molecule has 1 aliphatic rings. The summed E-state index contributed by atoms with van der Waals surface area (Å²) in [5.74, 6) is 0. The number of hydrogen-bond donors (Lipinski definition) is 1. The molecule has 0 aromatic carbocycles. The SMILES string of the molecule is COCCNCC1(COC)CCOCC1. The molecule has 0 aromatic heterocycles. The number of methoxy groups -OCH3 is 2. The maximum atomic E-state index is 5.39. The molecule has 4 heteroatoms. The Morgan fingerprint density at radius 1 is 1.20 bits per heavy atom. The minimum absolute atomic E-state index is 0.265. The van der Waals surface area contributed by atoms with Crippen molar-refractivity contribution in [3.8, 4) is 0 Å². The Morgan fingerprint density at radius 2 is 1.93 bits per heavy atom. The van der Waals surface area contributed by atoms with Gasteiger partial charge in [0.1, 0.15) is 0 Å². The van der Waals surface area contributed by atoms with Crippen molar-refractivity contribution in [1.82, 2.24) is 5.32 Å². The number of ether oxygens (including phenoxy) is 3. The van der Waals surface area contributed by atoms with Gasteiger partial charge in [-0.05, 0) is 12.8 Å². The molecule has 90 valence electrons. The molecule has 1 N–H and O–H groups in total. The normalized spacial score (nSPS) is 20.4. The lowest BCUT2D eigenvalue weighted by Crippen LogP contribution is -2.43. The Balaban J connectivity index is 2.28. The van der Waals surface area contributed by atoms with Gasteiger partial charge in [-0.1, -0.05) is 0 Å². The zero-order valence-corrected chi connectivity index (χ0v) is 9.88. The van der Waals surface area contributed by atoms with Gasteiger partial charge in [-0.15, -0.1) is 0 Å². The molecule has 0 spiro atoms. The van der Waals surface area contributed by atoms with Crippen LogP contribution in [0.15, 0.2) is 0 Å². The maximum absolute atomic E-state index is 5.39. The van der Waals surface area contributed by atoms with Crippen LogP contribution in [0.3, 0.4) is 0 Å². The van der Waals surface area contributed by atoms with Crippen molar-refractivity contribution in [1.29, 1.82) is 0 Å². The third-order valence-electron chi connectivity index (χ3n) is 2.99.